The van der Waals surface area contributed by atoms with Crippen LogP contribution in [0.15, 0.2) is 6.20 Å². The number of rotatable bonds is 2. The van der Waals surface area contributed by atoms with Gasteiger partial charge in [-0.1, -0.05) is 0 Å². The number of nitrogen functional groups attached to an aromatic ring is 1. The Kier molecular flexibility index (Phi) is 3.16. The van der Waals surface area contributed by atoms with E-state index < -0.39 is 40.2 Å². The van der Waals surface area contributed by atoms with Gasteiger partial charge in [0.15, 0.2) is 11.8 Å². The molecule has 0 amide bonds. The van der Waals surface area contributed by atoms with Gasteiger partial charge in [0.25, 0.3) is 6.43 Å². The summed E-state index contributed by atoms with van der Waals surface area (Å²) in [6.45, 7) is 0. The van der Waals surface area contributed by atoms with E-state index >= 15 is 0 Å². The molecule has 1 aromatic rings. The highest BCUT2D eigenvalue weighted by Gasteiger charge is 2.45. The summed E-state index contributed by atoms with van der Waals surface area (Å²) in [6, 6.07) is 0. The quantitative estimate of drug-likeness (QED) is 0.501. The third-order valence-corrected chi connectivity index (χ3v) is 1.80. The van der Waals surface area contributed by atoms with Gasteiger partial charge in [0, 0.05) is 0 Å². The lowest BCUT2D eigenvalue weighted by molar-refractivity contribution is -0.392. The highest BCUT2D eigenvalue weighted by molar-refractivity contribution is 5.56. The lowest BCUT2D eigenvalue weighted by Gasteiger charge is -2.13. The molecule has 0 radical (unpaired) electrons. The van der Waals surface area contributed by atoms with Crippen LogP contribution < -0.4 is 5.73 Å². The molecule has 1 heterocycles. The first-order valence-corrected chi connectivity index (χ1v) is 3.94. The minimum atomic E-state index is -5.34. The van der Waals surface area contributed by atoms with Gasteiger partial charge in [-0.15, -0.1) is 0 Å². The lowest BCUT2D eigenvalue weighted by atomic mass is 10.1. The van der Waals surface area contributed by atoms with Crippen molar-refractivity contribution in [1.29, 1.82) is 0 Å². The van der Waals surface area contributed by atoms with E-state index in [1.165, 1.54) is 0 Å². The lowest BCUT2D eigenvalue weighted by Crippen LogP contribution is -2.16. The summed E-state index contributed by atoms with van der Waals surface area (Å²) >= 11 is 0. The molecular weight excluding hydrogens is 253 g/mol. The molecule has 5 nitrogen and oxygen atoms in total. The molecule has 0 saturated carbocycles. The number of hydrogen-bond acceptors (Lipinski definition) is 4. The maximum atomic E-state index is 12.5. The smallest absolute Gasteiger partial charge is 0.395 e. The standard InChI is InChI=1S/C7H4F5N3O2/c8-5(9)3-2(13)1-14-6(15(16)17)4(3)7(10,11)12/h1,5H,13H2. The molecule has 0 unspecified atom stereocenters. The molecule has 0 aliphatic carbocycles. The fraction of sp³-hybridized carbons (Fsp3) is 0.286. The second-order valence-corrected chi connectivity index (χ2v) is 2.88. The van der Waals surface area contributed by atoms with Crippen LogP contribution in [0.5, 0.6) is 0 Å². The molecule has 0 fully saturated rings. The number of halogens is 5. The van der Waals surface area contributed by atoms with E-state index in [4.69, 9.17) is 5.73 Å². The molecule has 2 N–H and O–H groups in total. The van der Waals surface area contributed by atoms with Crippen molar-refractivity contribution in [3.8, 4) is 0 Å². The third-order valence-electron chi connectivity index (χ3n) is 1.80. The molecule has 0 atom stereocenters. The number of alkyl halides is 5. The fourth-order valence-electron chi connectivity index (χ4n) is 1.18. The van der Waals surface area contributed by atoms with Crippen molar-refractivity contribution in [3.05, 3.63) is 27.4 Å². The van der Waals surface area contributed by atoms with Gasteiger partial charge < -0.3 is 15.8 Å². The van der Waals surface area contributed by atoms with Crippen LogP contribution in [0.3, 0.4) is 0 Å². The molecular formula is C7H4F5N3O2. The molecule has 0 aromatic carbocycles. The van der Waals surface area contributed by atoms with Crippen LogP contribution in [0.1, 0.15) is 17.6 Å². The highest BCUT2D eigenvalue weighted by Crippen LogP contribution is 2.42. The van der Waals surface area contributed by atoms with Crippen molar-refractivity contribution in [2.75, 3.05) is 5.73 Å². The van der Waals surface area contributed by atoms with Crippen molar-refractivity contribution >= 4 is 11.5 Å². The van der Waals surface area contributed by atoms with Crippen LogP contribution >= 0.6 is 0 Å². The normalized spacial score (nSPS) is 11.9. The van der Waals surface area contributed by atoms with Gasteiger partial charge in [-0.05, 0) is 9.91 Å². The average Bonchev–Trinajstić information content (AvgIpc) is 2.14. The molecule has 0 saturated heterocycles. The van der Waals surface area contributed by atoms with E-state index in [1.807, 2.05) is 0 Å². The Bertz CT molecular complexity index is 460. The van der Waals surface area contributed by atoms with Gasteiger partial charge in [-0.25, -0.2) is 8.78 Å². The topological polar surface area (TPSA) is 82.0 Å². The maximum absolute atomic E-state index is 12.5. The average molecular weight is 257 g/mol. The van der Waals surface area contributed by atoms with Crippen LogP contribution in [-0.4, -0.2) is 9.91 Å². The summed E-state index contributed by atoms with van der Waals surface area (Å²) in [7, 11) is 0. The zero-order valence-corrected chi connectivity index (χ0v) is 7.83. The highest BCUT2D eigenvalue weighted by atomic mass is 19.4. The minimum absolute atomic E-state index is 0.398. The van der Waals surface area contributed by atoms with Crippen LogP contribution in [-0.2, 0) is 6.18 Å². The Balaban J connectivity index is 3.68. The number of nitrogens with two attached hydrogens (primary N) is 1. The Morgan fingerprint density at radius 2 is 1.94 bits per heavy atom. The van der Waals surface area contributed by atoms with Crippen molar-refractivity contribution in [3.63, 3.8) is 0 Å². The summed E-state index contributed by atoms with van der Waals surface area (Å²) in [5.41, 5.74) is 0.237. The molecule has 94 valence electrons. The number of nitrogens with zero attached hydrogens (tertiary/aromatic N) is 2. The molecule has 0 aliphatic rings. The molecule has 17 heavy (non-hydrogen) atoms. The van der Waals surface area contributed by atoms with Crippen LogP contribution in [0.2, 0.25) is 0 Å². The van der Waals surface area contributed by atoms with Gasteiger partial charge in [0.2, 0.25) is 0 Å². The van der Waals surface area contributed by atoms with Crippen LogP contribution in [0.4, 0.5) is 33.5 Å². The first kappa shape index (κ1) is 13.1. The van der Waals surface area contributed by atoms with E-state index in [2.05, 4.69) is 4.98 Å². The number of hydrogen-bond donors (Lipinski definition) is 1. The Morgan fingerprint density at radius 3 is 2.29 bits per heavy atom. The minimum Gasteiger partial charge on any atom is -0.395 e. The van der Waals surface area contributed by atoms with Crippen molar-refractivity contribution in [2.45, 2.75) is 12.6 Å². The fourth-order valence-corrected chi connectivity index (χ4v) is 1.18. The van der Waals surface area contributed by atoms with E-state index in [1.54, 1.807) is 0 Å². The number of nitro groups is 1. The monoisotopic (exact) mass is 257 g/mol. The summed E-state index contributed by atoms with van der Waals surface area (Å²) in [5, 5.41) is 10.3. The molecule has 1 rings (SSSR count). The number of anilines is 1. The van der Waals surface area contributed by atoms with Crippen molar-refractivity contribution in [2.24, 2.45) is 0 Å². The number of aromatic nitrogens is 1. The summed E-state index contributed by atoms with van der Waals surface area (Å²) in [6.07, 6.45) is -8.53. The van der Waals surface area contributed by atoms with Crippen molar-refractivity contribution in [1.82, 2.24) is 4.98 Å². The summed E-state index contributed by atoms with van der Waals surface area (Å²) in [4.78, 5) is 11.6. The number of pyridine rings is 1. The Labute approximate surface area is 90.2 Å². The molecule has 0 spiro atoms. The Hall–Kier alpha value is -2.00. The zero-order chi connectivity index (χ0) is 13.4. The largest absolute Gasteiger partial charge is 0.425 e. The van der Waals surface area contributed by atoms with E-state index in [0.717, 1.165) is 0 Å². The van der Waals surface area contributed by atoms with Gasteiger partial charge >= 0.3 is 12.0 Å². The maximum Gasteiger partial charge on any atom is 0.425 e. The van der Waals surface area contributed by atoms with Gasteiger partial charge in [0.05, 0.1) is 11.3 Å². The predicted octanol–water partition coefficient (Wildman–Crippen LogP) is 2.53. The first-order valence-electron chi connectivity index (χ1n) is 3.94. The van der Waals surface area contributed by atoms with E-state index in [0.29, 0.717) is 6.20 Å². The summed E-state index contributed by atoms with van der Waals surface area (Å²) < 4.78 is 62.3. The second kappa shape index (κ2) is 4.11. The Morgan fingerprint density at radius 1 is 1.41 bits per heavy atom. The van der Waals surface area contributed by atoms with Gasteiger partial charge in [0.1, 0.15) is 0 Å². The van der Waals surface area contributed by atoms with E-state index in [9.17, 15) is 32.1 Å². The molecule has 10 heteroatoms. The zero-order valence-electron chi connectivity index (χ0n) is 7.83. The van der Waals surface area contributed by atoms with Crippen molar-refractivity contribution < 1.29 is 26.9 Å². The predicted molar refractivity (Wildman–Crippen MR) is 45.3 cm³/mol. The second-order valence-electron chi connectivity index (χ2n) is 2.88. The first-order chi connectivity index (χ1) is 7.66. The van der Waals surface area contributed by atoms with Crippen LogP contribution in [0.25, 0.3) is 0 Å². The summed E-state index contributed by atoms with van der Waals surface area (Å²) in [5.74, 6) is -1.69. The SMILES string of the molecule is Nc1cnc([N+](=O)[O-])c(C(F)(F)F)c1C(F)F. The van der Waals surface area contributed by atoms with Gasteiger partial charge in [-0.3, -0.25) is 0 Å². The third kappa shape index (κ3) is 2.40. The van der Waals surface area contributed by atoms with E-state index in [-0.39, 0.29) is 0 Å². The molecule has 0 aliphatic heterocycles. The molecule has 0 bridgehead atoms. The van der Waals surface area contributed by atoms with Crippen LogP contribution in [0, 0.1) is 10.1 Å². The van der Waals surface area contributed by atoms with Gasteiger partial charge in [-0.2, -0.15) is 13.2 Å². The molecule has 1 aromatic heterocycles.